The number of allylic oxidation sites excluding steroid dienone is 1. The SMILES string of the molecule is C1=Cc2cccc(C3N=C(c4cccc5c4sc4ccccc45)N=C(c4cc(-n5c6cc7ccccc7cc6c6c7ccccc7ccc65)c5sc6c7ccccc7ccc6c5c4)N3)c2CC1. The van der Waals surface area contributed by atoms with Crippen LogP contribution in [0.25, 0.3) is 106 Å². The van der Waals surface area contributed by atoms with Crippen LogP contribution in [0.5, 0.6) is 0 Å². The third-order valence-corrected chi connectivity index (χ3v) is 16.8. The van der Waals surface area contributed by atoms with Crippen LogP contribution in [0.15, 0.2) is 198 Å². The highest BCUT2D eigenvalue weighted by atomic mass is 32.1. The van der Waals surface area contributed by atoms with E-state index in [1.807, 2.05) is 22.7 Å². The highest BCUT2D eigenvalue weighted by Gasteiger charge is 2.28. The summed E-state index contributed by atoms with van der Waals surface area (Å²) >= 11 is 3.73. The molecular weight excluding hydrogens is 853 g/mol. The zero-order valence-corrected chi connectivity index (χ0v) is 37.8. The third-order valence-electron chi connectivity index (χ3n) is 14.3. The molecule has 1 aliphatic heterocycles. The van der Waals surface area contributed by atoms with Crippen molar-refractivity contribution in [1.29, 1.82) is 0 Å². The first kappa shape index (κ1) is 37.3. The molecule has 1 N–H and O–H groups in total. The van der Waals surface area contributed by atoms with E-state index in [-0.39, 0.29) is 6.17 Å². The van der Waals surface area contributed by atoms with E-state index < -0.39 is 0 Å². The molecule has 0 spiro atoms. The molecule has 10 aromatic carbocycles. The Kier molecular flexibility index (Phi) is 7.97. The summed E-state index contributed by atoms with van der Waals surface area (Å²) in [6.07, 6.45) is 6.20. The number of hydrogen-bond donors (Lipinski definition) is 1. The Balaban J connectivity index is 1.05. The zero-order chi connectivity index (χ0) is 43.7. The quantitative estimate of drug-likeness (QED) is 0.188. The molecule has 15 rings (SSSR count). The minimum absolute atomic E-state index is 0.345. The molecule has 1 aliphatic carbocycles. The number of benzene rings is 10. The zero-order valence-electron chi connectivity index (χ0n) is 36.1. The molecule has 1 unspecified atom stereocenters. The summed E-state index contributed by atoms with van der Waals surface area (Å²) in [4.78, 5) is 11.2. The average Bonchev–Trinajstić information content (AvgIpc) is 4.07. The summed E-state index contributed by atoms with van der Waals surface area (Å²) in [7, 11) is 0. The number of thiophene rings is 2. The first-order valence-electron chi connectivity index (χ1n) is 23.1. The van der Waals surface area contributed by atoms with Gasteiger partial charge in [-0.3, -0.25) is 0 Å². The van der Waals surface area contributed by atoms with E-state index in [0.717, 1.165) is 41.3 Å². The molecule has 0 fully saturated rings. The lowest BCUT2D eigenvalue weighted by Crippen LogP contribution is -2.34. The van der Waals surface area contributed by atoms with Crippen molar-refractivity contribution < 1.29 is 0 Å². The molecule has 0 saturated heterocycles. The van der Waals surface area contributed by atoms with Crippen molar-refractivity contribution in [2.75, 3.05) is 0 Å². The van der Waals surface area contributed by atoms with Crippen LogP contribution in [-0.2, 0) is 6.42 Å². The second kappa shape index (κ2) is 14.3. The molecule has 67 heavy (non-hydrogen) atoms. The van der Waals surface area contributed by atoms with E-state index in [1.165, 1.54) is 111 Å². The number of rotatable bonds is 4. The van der Waals surface area contributed by atoms with Gasteiger partial charge in [-0.2, -0.15) is 0 Å². The molecule has 1 atom stereocenters. The van der Waals surface area contributed by atoms with Crippen molar-refractivity contribution >= 4 is 135 Å². The van der Waals surface area contributed by atoms with E-state index in [9.17, 15) is 0 Å². The maximum atomic E-state index is 5.62. The lowest BCUT2D eigenvalue weighted by Gasteiger charge is -2.27. The second-order valence-electron chi connectivity index (χ2n) is 18.0. The Bertz CT molecular complexity index is 4390. The van der Waals surface area contributed by atoms with Gasteiger partial charge in [-0.15, -0.1) is 22.7 Å². The smallest absolute Gasteiger partial charge is 0.160 e. The van der Waals surface area contributed by atoms with Gasteiger partial charge >= 0.3 is 0 Å². The molecule has 2 aliphatic rings. The molecule has 4 nitrogen and oxygen atoms in total. The van der Waals surface area contributed by atoms with Crippen LogP contribution < -0.4 is 5.32 Å². The number of nitrogens with zero attached hydrogens (tertiary/aromatic N) is 3. The minimum atomic E-state index is -0.345. The van der Waals surface area contributed by atoms with Gasteiger partial charge < -0.3 is 9.88 Å². The van der Waals surface area contributed by atoms with E-state index >= 15 is 0 Å². The number of hydrogen-bond acceptors (Lipinski definition) is 5. The summed E-state index contributed by atoms with van der Waals surface area (Å²) in [5.41, 5.74) is 9.41. The molecule has 6 heteroatoms. The van der Waals surface area contributed by atoms with Crippen LogP contribution in [0.1, 0.15) is 40.4 Å². The van der Waals surface area contributed by atoms with Crippen LogP contribution in [0.2, 0.25) is 0 Å². The normalized spacial score (nSPS) is 15.1. The summed E-state index contributed by atoms with van der Waals surface area (Å²) < 4.78 is 7.56. The highest BCUT2D eigenvalue weighted by molar-refractivity contribution is 7.27. The van der Waals surface area contributed by atoms with Gasteiger partial charge in [-0.25, -0.2) is 9.98 Å². The van der Waals surface area contributed by atoms with E-state index in [2.05, 4.69) is 204 Å². The predicted octanol–water partition coefficient (Wildman–Crippen LogP) is 16.4. The maximum Gasteiger partial charge on any atom is 0.160 e. The summed E-state index contributed by atoms with van der Waals surface area (Å²) in [5.74, 6) is 1.56. The van der Waals surface area contributed by atoms with E-state index in [0.29, 0.717) is 0 Å². The van der Waals surface area contributed by atoms with Crippen molar-refractivity contribution in [3.8, 4) is 5.69 Å². The molecule has 13 aromatic rings. The molecule has 0 amide bonds. The molecular formula is C61H38N4S2. The Labute approximate surface area is 393 Å². The Morgan fingerprint density at radius 3 is 2.15 bits per heavy atom. The van der Waals surface area contributed by atoms with Gasteiger partial charge in [0.15, 0.2) is 5.84 Å². The Hall–Kier alpha value is -7.90. The number of aliphatic imine (C=N–C) groups is 2. The van der Waals surface area contributed by atoms with Gasteiger partial charge in [0, 0.05) is 63.1 Å². The minimum Gasteiger partial charge on any atom is -0.344 e. The van der Waals surface area contributed by atoms with Gasteiger partial charge in [0.1, 0.15) is 12.0 Å². The fraction of sp³-hybridized carbons (Fsp3) is 0.0492. The fourth-order valence-corrected chi connectivity index (χ4v) is 13.7. The van der Waals surface area contributed by atoms with Crippen LogP contribution in [0, 0.1) is 0 Å². The van der Waals surface area contributed by atoms with Crippen LogP contribution in [0.4, 0.5) is 0 Å². The van der Waals surface area contributed by atoms with Gasteiger partial charge in [0.25, 0.3) is 0 Å². The van der Waals surface area contributed by atoms with Crippen molar-refractivity contribution in [3.63, 3.8) is 0 Å². The average molecular weight is 891 g/mol. The summed E-state index contributed by atoms with van der Waals surface area (Å²) in [5, 5.41) is 18.9. The van der Waals surface area contributed by atoms with E-state index in [1.54, 1.807) is 0 Å². The van der Waals surface area contributed by atoms with Gasteiger partial charge in [-0.05, 0) is 98.8 Å². The fourth-order valence-electron chi connectivity index (χ4n) is 11.2. The summed E-state index contributed by atoms with van der Waals surface area (Å²) in [6.45, 7) is 0. The van der Waals surface area contributed by atoms with Crippen molar-refractivity contribution in [1.82, 2.24) is 9.88 Å². The van der Waals surface area contributed by atoms with Gasteiger partial charge in [0.2, 0.25) is 0 Å². The topological polar surface area (TPSA) is 41.7 Å². The molecule has 4 heterocycles. The first-order chi connectivity index (χ1) is 33.2. The number of amidine groups is 2. The molecule has 0 bridgehead atoms. The predicted molar refractivity (Wildman–Crippen MR) is 288 cm³/mol. The molecule has 0 radical (unpaired) electrons. The standard InChI is InChI=1S/C61H38N4S2/c1-2-17-39-33-52-50(31-38(39)16-1)55-42-20-7-4-14-36(42)28-30-51(55)65(52)53-34-40(32-49-46-29-27-37-15-5-8-21-43(37)56(46)67-58(49)53)59-62-60(47-24-11-18-35-13-3-6-19-41(35)47)64-61(63-59)48-25-12-23-45-44-22-9-10-26-54(44)66-57(45)48/h1-5,7-18,20-34,60H,6,19H2,(H,62,63,64). The van der Waals surface area contributed by atoms with Crippen molar-refractivity contribution in [2.24, 2.45) is 9.98 Å². The second-order valence-corrected chi connectivity index (χ2v) is 20.0. The molecule has 314 valence electrons. The number of nitrogens with one attached hydrogen (secondary N) is 1. The lowest BCUT2D eigenvalue weighted by molar-refractivity contribution is 0.664. The molecule has 0 saturated carbocycles. The van der Waals surface area contributed by atoms with E-state index in [4.69, 9.17) is 9.98 Å². The Morgan fingerprint density at radius 1 is 0.522 bits per heavy atom. The Morgan fingerprint density at radius 2 is 1.25 bits per heavy atom. The molecule has 3 aromatic heterocycles. The first-order valence-corrected chi connectivity index (χ1v) is 24.7. The number of fused-ring (bicyclic) bond motifs is 15. The summed E-state index contributed by atoms with van der Waals surface area (Å²) in [6, 6.07) is 67.2. The van der Waals surface area contributed by atoms with Crippen LogP contribution >= 0.6 is 22.7 Å². The maximum absolute atomic E-state index is 5.62. The lowest BCUT2D eigenvalue weighted by atomic mass is 9.91. The van der Waals surface area contributed by atoms with Crippen molar-refractivity contribution in [3.05, 3.63) is 216 Å². The van der Waals surface area contributed by atoms with Gasteiger partial charge in [-0.1, -0.05) is 152 Å². The van der Waals surface area contributed by atoms with Crippen LogP contribution in [0.3, 0.4) is 0 Å². The van der Waals surface area contributed by atoms with Crippen LogP contribution in [-0.4, -0.2) is 16.2 Å². The monoisotopic (exact) mass is 890 g/mol. The highest BCUT2D eigenvalue weighted by Crippen LogP contribution is 2.46. The van der Waals surface area contributed by atoms with Gasteiger partial charge in [0.05, 0.1) is 21.4 Å². The number of aromatic nitrogens is 1. The third kappa shape index (κ3) is 5.58. The van der Waals surface area contributed by atoms with Crippen molar-refractivity contribution in [2.45, 2.75) is 19.0 Å². The largest absolute Gasteiger partial charge is 0.344 e.